The number of nitrogens with zero attached hydrogens (tertiary/aromatic N) is 3. The van der Waals surface area contributed by atoms with E-state index in [4.69, 9.17) is 11.3 Å². The average Bonchev–Trinajstić information content (AvgIpc) is 2.18. The van der Waals surface area contributed by atoms with Crippen LogP contribution in [0, 0.1) is 6.57 Å². The van der Waals surface area contributed by atoms with Gasteiger partial charge in [0.2, 0.25) is 12.4 Å². The van der Waals surface area contributed by atoms with Crippen molar-refractivity contribution >= 4 is 0 Å². The fourth-order valence-corrected chi connectivity index (χ4v) is 1.31. The summed E-state index contributed by atoms with van der Waals surface area (Å²) in [5, 5.41) is 0. The SMILES string of the molecule is [C-]#[N+]Cc1c(OC)ncnc1C(C)C. The van der Waals surface area contributed by atoms with Gasteiger partial charge < -0.3 is 9.58 Å². The first kappa shape index (κ1) is 10.5. The summed E-state index contributed by atoms with van der Waals surface area (Å²) >= 11 is 0. The summed E-state index contributed by atoms with van der Waals surface area (Å²) in [6.45, 7) is 11.2. The van der Waals surface area contributed by atoms with Crippen molar-refractivity contribution in [3.8, 4) is 5.88 Å². The Kier molecular flexibility index (Phi) is 3.41. The second kappa shape index (κ2) is 4.56. The monoisotopic (exact) mass is 191 g/mol. The number of methoxy groups -OCH3 is 1. The molecule has 4 heteroatoms. The highest BCUT2D eigenvalue weighted by Gasteiger charge is 2.16. The van der Waals surface area contributed by atoms with E-state index < -0.39 is 0 Å². The van der Waals surface area contributed by atoms with Crippen molar-refractivity contribution in [3.63, 3.8) is 0 Å². The van der Waals surface area contributed by atoms with Gasteiger partial charge in [-0.3, -0.25) is 0 Å². The summed E-state index contributed by atoms with van der Waals surface area (Å²) in [5.41, 5.74) is 1.70. The Bertz CT molecular complexity index is 355. The van der Waals surface area contributed by atoms with Crippen molar-refractivity contribution in [2.24, 2.45) is 0 Å². The third-order valence-corrected chi connectivity index (χ3v) is 1.92. The maximum atomic E-state index is 6.86. The van der Waals surface area contributed by atoms with Crippen molar-refractivity contribution in [1.29, 1.82) is 0 Å². The molecular formula is C10H13N3O. The number of rotatable bonds is 3. The summed E-state index contributed by atoms with van der Waals surface area (Å²) < 4.78 is 5.09. The van der Waals surface area contributed by atoms with Gasteiger partial charge in [0.15, 0.2) is 0 Å². The fourth-order valence-electron chi connectivity index (χ4n) is 1.31. The summed E-state index contributed by atoms with van der Waals surface area (Å²) in [6.07, 6.45) is 1.47. The van der Waals surface area contributed by atoms with Gasteiger partial charge in [0.25, 0.3) is 0 Å². The maximum absolute atomic E-state index is 6.86. The second-order valence-corrected chi connectivity index (χ2v) is 3.22. The number of hydrogen-bond donors (Lipinski definition) is 0. The lowest BCUT2D eigenvalue weighted by Gasteiger charge is -2.09. The molecule has 0 atom stereocenters. The first-order valence-corrected chi connectivity index (χ1v) is 4.41. The smallest absolute Gasteiger partial charge is 0.246 e. The number of ether oxygens (including phenoxy) is 1. The molecule has 1 heterocycles. The van der Waals surface area contributed by atoms with Crippen LogP contribution in [0.4, 0.5) is 0 Å². The Hall–Kier alpha value is -1.63. The first-order chi connectivity index (χ1) is 6.70. The molecule has 0 N–H and O–H groups in total. The van der Waals surface area contributed by atoms with Crippen LogP contribution in [-0.4, -0.2) is 17.1 Å². The Morgan fingerprint density at radius 1 is 1.50 bits per heavy atom. The molecule has 1 aromatic rings. The Balaban J connectivity index is 3.22. The molecule has 0 bridgehead atoms. The normalized spacial score (nSPS) is 9.93. The molecule has 0 unspecified atom stereocenters. The van der Waals surface area contributed by atoms with Crippen molar-refractivity contribution in [1.82, 2.24) is 9.97 Å². The zero-order chi connectivity index (χ0) is 10.6. The number of hydrogen-bond acceptors (Lipinski definition) is 3. The predicted octanol–water partition coefficient (Wildman–Crippen LogP) is 2.03. The van der Waals surface area contributed by atoms with Gasteiger partial charge in [-0.25, -0.2) is 16.5 Å². The van der Waals surface area contributed by atoms with Gasteiger partial charge in [-0.1, -0.05) is 13.8 Å². The Morgan fingerprint density at radius 3 is 2.71 bits per heavy atom. The van der Waals surface area contributed by atoms with Gasteiger partial charge in [-0.05, 0) is 5.92 Å². The van der Waals surface area contributed by atoms with Crippen LogP contribution in [0.25, 0.3) is 4.85 Å². The standard InChI is InChI=1S/C10H13N3O/c1-7(2)9-8(5-11-3)10(14-4)13-6-12-9/h6-7H,5H2,1-2,4H3. The van der Waals surface area contributed by atoms with Gasteiger partial charge in [0.1, 0.15) is 11.9 Å². The van der Waals surface area contributed by atoms with Crippen LogP contribution in [0.3, 0.4) is 0 Å². The van der Waals surface area contributed by atoms with Crippen LogP contribution in [-0.2, 0) is 6.54 Å². The molecule has 14 heavy (non-hydrogen) atoms. The molecule has 0 fully saturated rings. The van der Waals surface area contributed by atoms with E-state index in [1.54, 1.807) is 7.11 Å². The molecule has 0 amide bonds. The third kappa shape index (κ3) is 1.99. The van der Waals surface area contributed by atoms with E-state index in [0.29, 0.717) is 5.88 Å². The molecule has 0 aliphatic carbocycles. The molecule has 0 aromatic carbocycles. The molecule has 1 aromatic heterocycles. The van der Waals surface area contributed by atoms with Crippen LogP contribution < -0.4 is 4.74 Å². The molecule has 0 saturated heterocycles. The van der Waals surface area contributed by atoms with Crippen LogP contribution in [0.1, 0.15) is 31.0 Å². The van der Waals surface area contributed by atoms with E-state index >= 15 is 0 Å². The van der Waals surface area contributed by atoms with E-state index in [2.05, 4.69) is 14.8 Å². The summed E-state index contributed by atoms with van der Waals surface area (Å²) in [7, 11) is 1.56. The maximum Gasteiger partial charge on any atom is 0.246 e. The Labute approximate surface area is 83.8 Å². The van der Waals surface area contributed by atoms with Gasteiger partial charge in [-0.15, -0.1) is 0 Å². The van der Waals surface area contributed by atoms with Gasteiger partial charge >= 0.3 is 0 Å². The summed E-state index contributed by atoms with van der Waals surface area (Å²) in [6, 6.07) is 0. The topological polar surface area (TPSA) is 39.4 Å². The highest BCUT2D eigenvalue weighted by Crippen LogP contribution is 2.24. The van der Waals surface area contributed by atoms with Crippen LogP contribution in [0.5, 0.6) is 5.88 Å². The lowest BCUT2D eigenvalue weighted by molar-refractivity contribution is 0.390. The minimum absolute atomic E-state index is 0.275. The molecule has 74 valence electrons. The highest BCUT2D eigenvalue weighted by molar-refractivity contribution is 5.32. The minimum Gasteiger partial charge on any atom is -0.481 e. The van der Waals surface area contributed by atoms with Gasteiger partial charge in [0.05, 0.1) is 12.8 Å². The van der Waals surface area contributed by atoms with Crippen molar-refractivity contribution < 1.29 is 4.74 Å². The molecule has 0 aliphatic rings. The van der Waals surface area contributed by atoms with Gasteiger partial charge in [0, 0.05) is 0 Å². The molecule has 0 saturated carbocycles. The zero-order valence-electron chi connectivity index (χ0n) is 8.61. The largest absolute Gasteiger partial charge is 0.481 e. The third-order valence-electron chi connectivity index (χ3n) is 1.92. The number of aromatic nitrogens is 2. The fraction of sp³-hybridized carbons (Fsp3) is 0.500. The lowest BCUT2D eigenvalue weighted by Crippen LogP contribution is -2.03. The van der Waals surface area contributed by atoms with Crippen molar-refractivity contribution in [3.05, 3.63) is 29.0 Å². The molecule has 0 aliphatic heterocycles. The molecular weight excluding hydrogens is 178 g/mol. The molecule has 0 radical (unpaired) electrons. The average molecular weight is 191 g/mol. The molecule has 1 rings (SSSR count). The molecule has 4 nitrogen and oxygen atoms in total. The minimum atomic E-state index is 0.275. The van der Waals surface area contributed by atoms with Gasteiger partial charge in [-0.2, -0.15) is 0 Å². The quantitative estimate of drug-likeness (QED) is 0.686. The zero-order valence-corrected chi connectivity index (χ0v) is 8.61. The summed E-state index contributed by atoms with van der Waals surface area (Å²) in [5.74, 6) is 0.795. The lowest BCUT2D eigenvalue weighted by atomic mass is 10.1. The van der Waals surface area contributed by atoms with E-state index in [9.17, 15) is 0 Å². The highest BCUT2D eigenvalue weighted by atomic mass is 16.5. The first-order valence-electron chi connectivity index (χ1n) is 4.41. The second-order valence-electron chi connectivity index (χ2n) is 3.22. The van der Waals surface area contributed by atoms with Crippen LogP contribution in [0.2, 0.25) is 0 Å². The van der Waals surface area contributed by atoms with Crippen molar-refractivity contribution in [2.75, 3.05) is 7.11 Å². The predicted molar refractivity (Wildman–Crippen MR) is 53.0 cm³/mol. The van der Waals surface area contributed by atoms with E-state index in [1.165, 1.54) is 6.33 Å². The summed E-state index contributed by atoms with van der Waals surface area (Å²) in [4.78, 5) is 11.5. The van der Waals surface area contributed by atoms with E-state index in [1.807, 2.05) is 13.8 Å². The van der Waals surface area contributed by atoms with Crippen molar-refractivity contribution in [2.45, 2.75) is 26.3 Å². The Morgan fingerprint density at radius 2 is 2.21 bits per heavy atom. The van der Waals surface area contributed by atoms with E-state index in [0.717, 1.165) is 11.3 Å². The molecule has 0 spiro atoms. The van der Waals surface area contributed by atoms with Crippen LogP contribution >= 0.6 is 0 Å². The van der Waals surface area contributed by atoms with Crippen LogP contribution in [0.15, 0.2) is 6.33 Å². The van der Waals surface area contributed by atoms with E-state index in [-0.39, 0.29) is 12.5 Å².